The van der Waals surface area contributed by atoms with Crippen molar-refractivity contribution in [3.63, 3.8) is 0 Å². The predicted molar refractivity (Wildman–Crippen MR) is 80.9 cm³/mol. The summed E-state index contributed by atoms with van der Waals surface area (Å²) in [6.45, 7) is 4.54. The zero-order valence-corrected chi connectivity index (χ0v) is 11.9. The third-order valence-corrected chi connectivity index (χ3v) is 4.30. The van der Waals surface area contributed by atoms with E-state index in [1.54, 1.807) is 6.07 Å². The standard InChI is InChI=1S/C17H21NO2/c1-17(8-10-20-11-9-17)18-12-15-14-5-3-2-4-13(14)6-7-16(15)19/h2-7,18-19H,8-12H2,1H3. The van der Waals surface area contributed by atoms with Gasteiger partial charge in [-0.3, -0.25) is 0 Å². The van der Waals surface area contributed by atoms with Gasteiger partial charge in [0.2, 0.25) is 0 Å². The van der Waals surface area contributed by atoms with Gasteiger partial charge < -0.3 is 15.2 Å². The molecule has 2 aromatic rings. The molecular formula is C17H21NO2. The molecule has 0 amide bonds. The molecule has 0 aliphatic carbocycles. The number of phenols is 1. The Morgan fingerprint density at radius 2 is 1.90 bits per heavy atom. The van der Waals surface area contributed by atoms with Gasteiger partial charge in [0.05, 0.1) is 0 Å². The first kappa shape index (κ1) is 13.4. The van der Waals surface area contributed by atoms with Crippen LogP contribution in [0.2, 0.25) is 0 Å². The van der Waals surface area contributed by atoms with Crippen molar-refractivity contribution in [3.8, 4) is 5.75 Å². The van der Waals surface area contributed by atoms with Gasteiger partial charge in [-0.2, -0.15) is 0 Å². The van der Waals surface area contributed by atoms with Crippen molar-refractivity contribution < 1.29 is 9.84 Å². The van der Waals surface area contributed by atoms with E-state index in [4.69, 9.17) is 4.74 Å². The first-order chi connectivity index (χ1) is 9.68. The fourth-order valence-electron chi connectivity index (χ4n) is 2.81. The van der Waals surface area contributed by atoms with Crippen LogP contribution >= 0.6 is 0 Å². The fraction of sp³-hybridized carbons (Fsp3) is 0.412. The molecule has 0 atom stereocenters. The topological polar surface area (TPSA) is 41.5 Å². The van der Waals surface area contributed by atoms with Crippen LogP contribution < -0.4 is 5.32 Å². The largest absolute Gasteiger partial charge is 0.508 e. The van der Waals surface area contributed by atoms with Crippen LogP contribution in [0.4, 0.5) is 0 Å². The average Bonchev–Trinajstić information content (AvgIpc) is 2.47. The Morgan fingerprint density at radius 1 is 1.15 bits per heavy atom. The highest BCUT2D eigenvalue weighted by molar-refractivity contribution is 5.87. The summed E-state index contributed by atoms with van der Waals surface area (Å²) in [4.78, 5) is 0. The molecule has 0 saturated carbocycles. The highest BCUT2D eigenvalue weighted by Gasteiger charge is 2.26. The average molecular weight is 271 g/mol. The number of aromatic hydroxyl groups is 1. The van der Waals surface area contributed by atoms with Crippen molar-refractivity contribution >= 4 is 10.8 Å². The molecule has 1 heterocycles. The van der Waals surface area contributed by atoms with E-state index in [2.05, 4.69) is 24.4 Å². The maximum absolute atomic E-state index is 10.2. The van der Waals surface area contributed by atoms with Crippen LogP contribution in [0, 0.1) is 0 Å². The Bertz CT molecular complexity index is 603. The smallest absolute Gasteiger partial charge is 0.120 e. The van der Waals surface area contributed by atoms with E-state index in [1.807, 2.05) is 18.2 Å². The van der Waals surface area contributed by atoms with Crippen molar-refractivity contribution in [2.24, 2.45) is 0 Å². The second kappa shape index (κ2) is 5.43. The second-order valence-corrected chi connectivity index (χ2v) is 5.81. The highest BCUT2D eigenvalue weighted by Crippen LogP contribution is 2.28. The summed E-state index contributed by atoms with van der Waals surface area (Å²) in [7, 11) is 0. The Labute approximate surface area is 119 Å². The van der Waals surface area contributed by atoms with Crippen molar-refractivity contribution in [2.45, 2.75) is 31.8 Å². The minimum absolute atomic E-state index is 0.0988. The van der Waals surface area contributed by atoms with E-state index >= 15 is 0 Å². The maximum atomic E-state index is 10.2. The van der Waals surface area contributed by atoms with Gasteiger partial charge in [-0.25, -0.2) is 0 Å². The van der Waals surface area contributed by atoms with Crippen LogP contribution in [0.5, 0.6) is 5.75 Å². The number of hydrogen-bond acceptors (Lipinski definition) is 3. The van der Waals surface area contributed by atoms with Gasteiger partial charge in [-0.15, -0.1) is 0 Å². The molecule has 1 saturated heterocycles. The molecule has 3 heteroatoms. The summed E-state index contributed by atoms with van der Waals surface area (Å²) in [6.07, 6.45) is 2.02. The number of benzene rings is 2. The summed E-state index contributed by atoms with van der Waals surface area (Å²) >= 11 is 0. The predicted octanol–water partition coefficient (Wildman–Crippen LogP) is 3.20. The zero-order valence-electron chi connectivity index (χ0n) is 11.9. The lowest BCUT2D eigenvalue weighted by Crippen LogP contribution is -2.46. The highest BCUT2D eigenvalue weighted by atomic mass is 16.5. The van der Waals surface area contributed by atoms with E-state index in [9.17, 15) is 5.11 Å². The molecular weight excluding hydrogens is 250 g/mol. The van der Waals surface area contributed by atoms with Gasteiger partial charge in [0.25, 0.3) is 0 Å². The number of ether oxygens (including phenoxy) is 1. The summed E-state index contributed by atoms with van der Waals surface area (Å²) in [5.41, 5.74) is 1.08. The number of phenolic OH excluding ortho intramolecular Hbond substituents is 1. The third kappa shape index (κ3) is 2.65. The fourth-order valence-corrected chi connectivity index (χ4v) is 2.81. The zero-order chi connectivity index (χ0) is 14.0. The van der Waals surface area contributed by atoms with E-state index in [-0.39, 0.29) is 5.54 Å². The first-order valence-electron chi connectivity index (χ1n) is 7.20. The van der Waals surface area contributed by atoms with E-state index in [1.165, 1.54) is 5.39 Å². The molecule has 106 valence electrons. The summed E-state index contributed by atoms with van der Waals surface area (Å²) in [5, 5.41) is 16.1. The summed E-state index contributed by atoms with van der Waals surface area (Å²) < 4.78 is 5.42. The van der Waals surface area contributed by atoms with Gasteiger partial charge >= 0.3 is 0 Å². The lowest BCUT2D eigenvalue weighted by molar-refractivity contribution is 0.0446. The van der Waals surface area contributed by atoms with Gasteiger partial charge in [0.15, 0.2) is 0 Å². The van der Waals surface area contributed by atoms with Crippen molar-refractivity contribution in [1.82, 2.24) is 5.32 Å². The van der Waals surface area contributed by atoms with Gasteiger partial charge in [-0.1, -0.05) is 30.3 Å². The lowest BCUT2D eigenvalue weighted by Gasteiger charge is -2.35. The Kier molecular flexibility index (Phi) is 3.64. The maximum Gasteiger partial charge on any atom is 0.120 e. The number of nitrogens with one attached hydrogen (secondary N) is 1. The number of hydrogen-bond donors (Lipinski definition) is 2. The number of fused-ring (bicyclic) bond motifs is 1. The summed E-state index contributed by atoms with van der Waals surface area (Å²) in [6, 6.07) is 11.9. The Balaban J connectivity index is 1.85. The molecule has 0 radical (unpaired) electrons. The molecule has 0 bridgehead atoms. The van der Waals surface area contributed by atoms with E-state index in [0.717, 1.165) is 37.0 Å². The molecule has 0 spiro atoms. The molecule has 1 aliphatic rings. The minimum atomic E-state index is 0.0988. The van der Waals surface area contributed by atoms with Crippen molar-refractivity contribution in [1.29, 1.82) is 0 Å². The minimum Gasteiger partial charge on any atom is -0.508 e. The molecule has 2 N–H and O–H groups in total. The molecule has 20 heavy (non-hydrogen) atoms. The first-order valence-corrected chi connectivity index (χ1v) is 7.20. The summed E-state index contributed by atoms with van der Waals surface area (Å²) in [5.74, 6) is 0.367. The molecule has 3 rings (SSSR count). The monoisotopic (exact) mass is 271 g/mol. The molecule has 2 aromatic carbocycles. The van der Waals surface area contributed by atoms with Crippen LogP contribution in [-0.2, 0) is 11.3 Å². The van der Waals surface area contributed by atoms with Crippen LogP contribution in [0.3, 0.4) is 0 Å². The van der Waals surface area contributed by atoms with Crippen LogP contribution in [0.1, 0.15) is 25.3 Å². The normalized spacial score (nSPS) is 18.2. The third-order valence-electron chi connectivity index (χ3n) is 4.30. The molecule has 3 nitrogen and oxygen atoms in total. The quantitative estimate of drug-likeness (QED) is 0.900. The van der Waals surface area contributed by atoms with Gasteiger partial charge in [-0.05, 0) is 36.6 Å². The molecule has 1 aliphatic heterocycles. The van der Waals surface area contributed by atoms with Crippen LogP contribution in [-0.4, -0.2) is 23.9 Å². The van der Waals surface area contributed by atoms with E-state index in [0.29, 0.717) is 12.3 Å². The SMILES string of the molecule is CC1(NCc2c(O)ccc3ccccc23)CCOCC1. The Hall–Kier alpha value is -1.58. The van der Waals surface area contributed by atoms with Crippen molar-refractivity contribution in [3.05, 3.63) is 42.0 Å². The van der Waals surface area contributed by atoms with Gasteiger partial charge in [0, 0.05) is 30.9 Å². The molecule has 0 aromatic heterocycles. The number of rotatable bonds is 3. The Morgan fingerprint density at radius 3 is 2.70 bits per heavy atom. The second-order valence-electron chi connectivity index (χ2n) is 5.81. The molecule has 0 unspecified atom stereocenters. The van der Waals surface area contributed by atoms with Crippen LogP contribution in [0.25, 0.3) is 10.8 Å². The lowest BCUT2D eigenvalue weighted by atomic mass is 9.92. The van der Waals surface area contributed by atoms with Gasteiger partial charge in [0.1, 0.15) is 5.75 Å². The van der Waals surface area contributed by atoms with Crippen molar-refractivity contribution in [2.75, 3.05) is 13.2 Å². The molecule has 1 fully saturated rings. The van der Waals surface area contributed by atoms with E-state index < -0.39 is 0 Å². The van der Waals surface area contributed by atoms with Crippen LogP contribution in [0.15, 0.2) is 36.4 Å².